The summed E-state index contributed by atoms with van der Waals surface area (Å²) < 4.78 is 8.00. The molecule has 0 unspecified atom stereocenters. The summed E-state index contributed by atoms with van der Waals surface area (Å²) in [7, 11) is 0. The van der Waals surface area contributed by atoms with Gasteiger partial charge in [-0.2, -0.15) is 0 Å². The van der Waals surface area contributed by atoms with Crippen molar-refractivity contribution in [2.75, 3.05) is 0 Å². The van der Waals surface area contributed by atoms with E-state index < -0.39 is 0 Å². The molecule has 5 nitrogen and oxygen atoms in total. The maximum atomic E-state index is 12.6. The summed E-state index contributed by atoms with van der Waals surface area (Å²) in [5.41, 5.74) is 1.67. The highest BCUT2D eigenvalue weighted by Gasteiger charge is 2.27. The van der Waals surface area contributed by atoms with Gasteiger partial charge in [-0.3, -0.25) is 4.79 Å². The summed E-state index contributed by atoms with van der Waals surface area (Å²) in [6.45, 7) is 2.79. The van der Waals surface area contributed by atoms with Crippen LogP contribution in [-0.4, -0.2) is 27.6 Å². The number of rotatable bonds is 4. The molecule has 120 valence electrons. The van der Waals surface area contributed by atoms with E-state index in [2.05, 4.69) is 21.1 Å². The zero-order chi connectivity index (χ0) is 15.8. The number of fused-ring (bicyclic) bond motifs is 1. The van der Waals surface area contributed by atoms with Crippen LogP contribution < -0.4 is 10.1 Å². The maximum Gasteiger partial charge on any atom is 0.255 e. The van der Waals surface area contributed by atoms with Crippen molar-refractivity contribution in [2.45, 2.75) is 51.3 Å². The summed E-state index contributed by atoms with van der Waals surface area (Å²) in [5.74, 6) is 1.76. The zero-order valence-corrected chi connectivity index (χ0v) is 13.3. The number of aryl methyl sites for hydroxylation is 2. The maximum absolute atomic E-state index is 12.6. The second-order valence-electron chi connectivity index (χ2n) is 6.47. The van der Waals surface area contributed by atoms with Crippen molar-refractivity contribution in [1.29, 1.82) is 0 Å². The number of para-hydroxylation sites is 1. The molecule has 2 aliphatic rings. The van der Waals surface area contributed by atoms with Gasteiger partial charge in [-0.1, -0.05) is 12.1 Å². The number of nitrogens with one attached hydrogen (secondary N) is 1. The Kier molecular flexibility index (Phi) is 3.56. The van der Waals surface area contributed by atoms with Crippen molar-refractivity contribution < 1.29 is 9.53 Å². The first-order valence-electron chi connectivity index (χ1n) is 8.28. The van der Waals surface area contributed by atoms with Crippen LogP contribution in [0.4, 0.5) is 0 Å². The molecule has 1 aliphatic heterocycles. The molecule has 1 saturated carbocycles. The number of imidazole rings is 1. The highest BCUT2D eigenvalue weighted by atomic mass is 16.5. The van der Waals surface area contributed by atoms with Gasteiger partial charge in [0.05, 0.1) is 17.4 Å². The first-order valence-corrected chi connectivity index (χ1v) is 8.28. The Morgan fingerprint density at radius 2 is 2.13 bits per heavy atom. The van der Waals surface area contributed by atoms with Gasteiger partial charge >= 0.3 is 0 Å². The third-order valence-electron chi connectivity index (χ3n) is 4.40. The number of carbonyl (C=O) groups is 1. The highest BCUT2D eigenvalue weighted by molar-refractivity contribution is 5.97. The predicted octanol–water partition coefficient (Wildman–Crippen LogP) is 2.48. The molecule has 1 atom stereocenters. The number of hydrogen-bond donors (Lipinski definition) is 1. The average molecular weight is 311 g/mol. The molecule has 0 saturated heterocycles. The Morgan fingerprint density at radius 3 is 2.96 bits per heavy atom. The zero-order valence-electron chi connectivity index (χ0n) is 13.3. The van der Waals surface area contributed by atoms with Gasteiger partial charge < -0.3 is 14.6 Å². The van der Waals surface area contributed by atoms with Crippen LogP contribution in [0.3, 0.4) is 0 Å². The smallest absolute Gasteiger partial charge is 0.255 e. The van der Waals surface area contributed by atoms with Crippen LogP contribution in [0, 0.1) is 6.92 Å². The second kappa shape index (κ2) is 5.72. The molecule has 0 radical (unpaired) electrons. The normalized spacial score (nSPS) is 20.0. The molecular formula is C18H21N3O2. The number of benzene rings is 1. The van der Waals surface area contributed by atoms with Crippen LogP contribution in [0.1, 0.15) is 41.1 Å². The lowest BCUT2D eigenvalue weighted by atomic mass is 10.1. The van der Waals surface area contributed by atoms with Gasteiger partial charge in [0, 0.05) is 25.2 Å². The highest BCUT2D eigenvalue weighted by Crippen LogP contribution is 2.29. The predicted molar refractivity (Wildman–Crippen MR) is 86.6 cm³/mol. The molecule has 1 amide bonds. The number of amides is 1. The third kappa shape index (κ3) is 3.09. The summed E-state index contributed by atoms with van der Waals surface area (Å²) in [5, 5.41) is 3.15. The van der Waals surface area contributed by atoms with Crippen LogP contribution in [-0.2, 0) is 13.0 Å². The molecule has 1 fully saturated rings. The van der Waals surface area contributed by atoms with Crippen molar-refractivity contribution in [1.82, 2.24) is 14.9 Å². The largest absolute Gasteiger partial charge is 0.490 e. The van der Waals surface area contributed by atoms with Gasteiger partial charge in [-0.15, -0.1) is 0 Å². The lowest BCUT2D eigenvalue weighted by Crippen LogP contribution is -2.41. The summed E-state index contributed by atoms with van der Waals surface area (Å²) in [6, 6.07) is 7.65. The topological polar surface area (TPSA) is 56.2 Å². The summed E-state index contributed by atoms with van der Waals surface area (Å²) >= 11 is 0. The number of ether oxygens (including phenoxy) is 1. The molecule has 1 aromatic carbocycles. The summed E-state index contributed by atoms with van der Waals surface area (Å²) in [4.78, 5) is 17.1. The van der Waals surface area contributed by atoms with Crippen LogP contribution >= 0.6 is 0 Å². The molecule has 1 N–H and O–H groups in total. The van der Waals surface area contributed by atoms with E-state index in [1.165, 1.54) is 0 Å². The Hall–Kier alpha value is -2.30. The fourth-order valence-corrected chi connectivity index (χ4v) is 3.09. The van der Waals surface area contributed by atoms with Crippen molar-refractivity contribution in [3.05, 3.63) is 47.5 Å². The van der Waals surface area contributed by atoms with Crippen LogP contribution in [0.2, 0.25) is 0 Å². The molecule has 2 aromatic rings. The van der Waals surface area contributed by atoms with Crippen molar-refractivity contribution in [2.24, 2.45) is 0 Å². The number of nitrogens with zero attached hydrogens (tertiary/aromatic N) is 2. The van der Waals surface area contributed by atoms with Gasteiger partial charge in [-0.05, 0) is 38.3 Å². The van der Waals surface area contributed by atoms with Gasteiger partial charge in [-0.25, -0.2) is 4.98 Å². The molecular weight excluding hydrogens is 290 g/mol. The first-order chi connectivity index (χ1) is 11.2. The standard InChI is InChI=1S/C18H21N3O2/c1-12-10-21-11-13(6-9-17(21)19-12)20-18(22)15-4-2-3-5-16(15)23-14-7-8-14/h2-5,10,13-14H,6-9,11H2,1H3,(H,20,22)/t13-/m0/s1. The minimum atomic E-state index is -0.0495. The van der Waals surface area contributed by atoms with Gasteiger partial charge in [0.1, 0.15) is 11.6 Å². The molecule has 23 heavy (non-hydrogen) atoms. The monoisotopic (exact) mass is 311 g/mol. The van der Waals surface area contributed by atoms with Gasteiger partial charge in [0.25, 0.3) is 5.91 Å². The van der Waals surface area contributed by atoms with Gasteiger partial charge in [0.2, 0.25) is 0 Å². The Bertz CT molecular complexity index is 734. The van der Waals surface area contributed by atoms with Crippen LogP contribution in [0.15, 0.2) is 30.5 Å². The first kappa shape index (κ1) is 14.3. The molecule has 1 aromatic heterocycles. The fourth-order valence-electron chi connectivity index (χ4n) is 3.09. The lowest BCUT2D eigenvalue weighted by molar-refractivity contribution is 0.0923. The number of aromatic nitrogens is 2. The molecule has 0 bridgehead atoms. The quantitative estimate of drug-likeness (QED) is 0.944. The minimum absolute atomic E-state index is 0.0495. The van der Waals surface area contributed by atoms with Crippen LogP contribution in [0.25, 0.3) is 0 Å². The minimum Gasteiger partial charge on any atom is -0.490 e. The van der Waals surface area contributed by atoms with Crippen molar-refractivity contribution in [3.8, 4) is 5.75 Å². The van der Waals surface area contributed by atoms with E-state index in [1.54, 1.807) is 0 Å². The Morgan fingerprint density at radius 1 is 1.30 bits per heavy atom. The van der Waals surface area contributed by atoms with Gasteiger partial charge in [0.15, 0.2) is 0 Å². The van der Waals surface area contributed by atoms with E-state index in [0.717, 1.165) is 43.7 Å². The lowest BCUT2D eigenvalue weighted by Gasteiger charge is -2.25. The molecule has 5 heteroatoms. The van der Waals surface area contributed by atoms with E-state index in [1.807, 2.05) is 31.2 Å². The fraction of sp³-hybridized carbons (Fsp3) is 0.444. The average Bonchev–Trinajstić information content (AvgIpc) is 3.26. The molecule has 1 aliphatic carbocycles. The Labute approximate surface area is 135 Å². The Balaban J connectivity index is 1.46. The summed E-state index contributed by atoms with van der Waals surface area (Å²) in [6.07, 6.45) is 6.34. The van der Waals surface area contributed by atoms with E-state index in [0.29, 0.717) is 11.3 Å². The third-order valence-corrected chi connectivity index (χ3v) is 4.40. The second-order valence-corrected chi connectivity index (χ2v) is 6.47. The van der Waals surface area contributed by atoms with Crippen LogP contribution in [0.5, 0.6) is 5.75 Å². The SMILES string of the molecule is Cc1cn2c(n1)CC[C@H](NC(=O)c1ccccc1OC1CC1)C2. The van der Waals surface area contributed by atoms with Crippen molar-refractivity contribution in [3.63, 3.8) is 0 Å². The molecule has 2 heterocycles. The van der Waals surface area contributed by atoms with Crippen molar-refractivity contribution >= 4 is 5.91 Å². The number of hydrogen-bond acceptors (Lipinski definition) is 3. The van der Waals surface area contributed by atoms with E-state index in [9.17, 15) is 4.79 Å². The molecule has 4 rings (SSSR count). The van der Waals surface area contributed by atoms with E-state index >= 15 is 0 Å². The number of carbonyl (C=O) groups excluding carboxylic acids is 1. The van der Waals surface area contributed by atoms with E-state index in [4.69, 9.17) is 4.74 Å². The van der Waals surface area contributed by atoms with E-state index in [-0.39, 0.29) is 18.1 Å². The molecule has 0 spiro atoms.